The highest BCUT2D eigenvalue weighted by atomic mass is 15.1. The van der Waals surface area contributed by atoms with Crippen molar-refractivity contribution < 1.29 is 0 Å². The first-order chi connectivity index (χ1) is 9.61. The lowest BCUT2D eigenvalue weighted by Crippen LogP contribution is -2.29. The van der Waals surface area contributed by atoms with Crippen LogP contribution in [0.15, 0.2) is 24.3 Å². The number of rotatable bonds is 6. The molecule has 2 heteroatoms. The molecule has 1 aliphatic rings. The number of piperidine rings is 1. The molecule has 1 saturated heterocycles. The van der Waals surface area contributed by atoms with Gasteiger partial charge in [0.2, 0.25) is 0 Å². The molecule has 0 unspecified atom stereocenters. The van der Waals surface area contributed by atoms with Gasteiger partial charge in [0, 0.05) is 31.9 Å². The predicted molar refractivity (Wildman–Crippen MR) is 88.3 cm³/mol. The fourth-order valence-corrected chi connectivity index (χ4v) is 2.65. The summed E-state index contributed by atoms with van der Waals surface area (Å²) in [6.45, 7) is 11.4. The highest BCUT2D eigenvalue weighted by molar-refractivity contribution is 5.47. The van der Waals surface area contributed by atoms with Crippen LogP contribution in [0.5, 0.6) is 0 Å². The molecule has 20 heavy (non-hydrogen) atoms. The Morgan fingerprint density at radius 3 is 2.30 bits per heavy atom. The van der Waals surface area contributed by atoms with E-state index < -0.39 is 0 Å². The van der Waals surface area contributed by atoms with Gasteiger partial charge in [-0.05, 0) is 48.8 Å². The smallest absolute Gasteiger partial charge is 0.0366 e. The second-order valence-electron chi connectivity index (χ2n) is 6.84. The molecule has 2 nitrogen and oxygen atoms in total. The maximum Gasteiger partial charge on any atom is 0.0366 e. The van der Waals surface area contributed by atoms with Crippen LogP contribution in [0.2, 0.25) is 0 Å². The summed E-state index contributed by atoms with van der Waals surface area (Å²) in [5, 5.41) is 3.58. The van der Waals surface area contributed by atoms with Crippen molar-refractivity contribution in [2.24, 2.45) is 5.41 Å². The van der Waals surface area contributed by atoms with Gasteiger partial charge >= 0.3 is 0 Å². The molecule has 0 spiro atoms. The van der Waals surface area contributed by atoms with Crippen LogP contribution >= 0.6 is 0 Å². The minimum Gasteiger partial charge on any atom is -0.372 e. The third-order valence-corrected chi connectivity index (χ3v) is 4.55. The first-order valence-electron chi connectivity index (χ1n) is 8.15. The number of benzene rings is 1. The summed E-state index contributed by atoms with van der Waals surface area (Å²) in [6, 6.07) is 9.12. The van der Waals surface area contributed by atoms with Crippen molar-refractivity contribution >= 4 is 5.69 Å². The Kier molecular flexibility index (Phi) is 5.47. The fourth-order valence-electron chi connectivity index (χ4n) is 2.65. The lowest BCUT2D eigenvalue weighted by Gasteiger charge is -2.29. The molecule has 2 rings (SSSR count). The van der Waals surface area contributed by atoms with Crippen molar-refractivity contribution in [1.82, 2.24) is 5.32 Å². The number of nitrogens with one attached hydrogen (secondary N) is 1. The van der Waals surface area contributed by atoms with E-state index in [1.807, 2.05) is 0 Å². The van der Waals surface area contributed by atoms with Gasteiger partial charge in [-0.15, -0.1) is 0 Å². The molecule has 1 aromatic rings. The topological polar surface area (TPSA) is 15.3 Å². The summed E-state index contributed by atoms with van der Waals surface area (Å²) in [5.41, 5.74) is 3.17. The van der Waals surface area contributed by atoms with Crippen molar-refractivity contribution in [1.29, 1.82) is 0 Å². The van der Waals surface area contributed by atoms with Crippen LogP contribution in [0.3, 0.4) is 0 Å². The van der Waals surface area contributed by atoms with E-state index in [-0.39, 0.29) is 0 Å². The van der Waals surface area contributed by atoms with Crippen LogP contribution < -0.4 is 10.2 Å². The number of hydrogen-bond donors (Lipinski definition) is 1. The van der Waals surface area contributed by atoms with Crippen molar-refractivity contribution in [3.8, 4) is 0 Å². The van der Waals surface area contributed by atoms with Crippen LogP contribution in [0, 0.1) is 5.41 Å². The molecule has 1 N–H and O–H groups in total. The zero-order chi connectivity index (χ0) is 14.4. The van der Waals surface area contributed by atoms with Gasteiger partial charge in [0.25, 0.3) is 0 Å². The molecule has 0 saturated carbocycles. The van der Waals surface area contributed by atoms with Crippen LogP contribution in [0.4, 0.5) is 5.69 Å². The predicted octanol–water partition coefficient (Wildman–Crippen LogP) is 4.20. The van der Waals surface area contributed by atoms with E-state index in [1.54, 1.807) is 0 Å². The quantitative estimate of drug-likeness (QED) is 0.836. The van der Waals surface area contributed by atoms with Gasteiger partial charge in [0.15, 0.2) is 0 Å². The normalized spacial score (nSPS) is 16.4. The summed E-state index contributed by atoms with van der Waals surface area (Å²) in [4.78, 5) is 2.51. The molecule has 1 aliphatic heterocycles. The van der Waals surface area contributed by atoms with Crippen LogP contribution in [-0.2, 0) is 6.54 Å². The third kappa shape index (κ3) is 4.52. The SMILES string of the molecule is CCC(C)(C)CNCc1ccc(N2CCCCC2)cc1. The van der Waals surface area contributed by atoms with E-state index in [4.69, 9.17) is 0 Å². The van der Waals surface area contributed by atoms with Crippen molar-refractivity contribution in [3.63, 3.8) is 0 Å². The average molecular weight is 274 g/mol. The Morgan fingerprint density at radius 2 is 1.70 bits per heavy atom. The van der Waals surface area contributed by atoms with Crippen LogP contribution in [0.25, 0.3) is 0 Å². The molecule has 0 atom stereocenters. The van der Waals surface area contributed by atoms with Gasteiger partial charge in [-0.1, -0.05) is 32.9 Å². The standard InChI is InChI=1S/C18H30N2/c1-4-18(2,3)15-19-14-16-8-10-17(11-9-16)20-12-6-5-7-13-20/h8-11,19H,4-7,12-15H2,1-3H3. The van der Waals surface area contributed by atoms with Gasteiger partial charge < -0.3 is 10.2 Å². The van der Waals surface area contributed by atoms with Gasteiger partial charge in [0.05, 0.1) is 0 Å². The number of hydrogen-bond acceptors (Lipinski definition) is 2. The highest BCUT2D eigenvalue weighted by Gasteiger charge is 2.14. The van der Waals surface area contributed by atoms with E-state index in [9.17, 15) is 0 Å². The monoisotopic (exact) mass is 274 g/mol. The Hall–Kier alpha value is -1.02. The number of anilines is 1. The van der Waals surface area contributed by atoms with E-state index in [1.165, 1.54) is 50.0 Å². The highest BCUT2D eigenvalue weighted by Crippen LogP contribution is 2.21. The summed E-state index contributed by atoms with van der Waals surface area (Å²) in [7, 11) is 0. The molecule has 0 bridgehead atoms. The molecule has 1 heterocycles. The zero-order valence-corrected chi connectivity index (χ0v) is 13.4. The second kappa shape index (κ2) is 7.12. The Balaban J connectivity index is 1.82. The molecule has 0 aliphatic carbocycles. The first kappa shape index (κ1) is 15.4. The van der Waals surface area contributed by atoms with Gasteiger partial charge in [-0.3, -0.25) is 0 Å². The lowest BCUT2D eigenvalue weighted by molar-refractivity contribution is 0.327. The van der Waals surface area contributed by atoms with Gasteiger partial charge in [-0.2, -0.15) is 0 Å². The van der Waals surface area contributed by atoms with Crippen LogP contribution in [-0.4, -0.2) is 19.6 Å². The van der Waals surface area contributed by atoms with E-state index in [2.05, 4.69) is 55.3 Å². The van der Waals surface area contributed by atoms with Crippen molar-refractivity contribution in [2.45, 2.75) is 53.0 Å². The van der Waals surface area contributed by atoms with E-state index >= 15 is 0 Å². The molecule has 1 fully saturated rings. The van der Waals surface area contributed by atoms with Gasteiger partial charge in [-0.25, -0.2) is 0 Å². The summed E-state index contributed by atoms with van der Waals surface area (Å²) < 4.78 is 0. The maximum atomic E-state index is 3.58. The third-order valence-electron chi connectivity index (χ3n) is 4.55. The molecule has 1 aromatic carbocycles. The first-order valence-corrected chi connectivity index (χ1v) is 8.15. The Morgan fingerprint density at radius 1 is 1.05 bits per heavy atom. The molecule has 0 radical (unpaired) electrons. The van der Waals surface area contributed by atoms with Crippen LogP contribution in [0.1, 0.15) is 52.0 Å². The largest absolute Gasteiger partial charge is 0.372 e. The average Bonchev–Trinajstić information content (AvgIpc) is 2.49. The Bertz CT molecular complexity index is 388. The molecular weight excluding hydrogens is 244 g/mol. The molecule has 0 aromatic heterocycles. The zero-order valence-electron chi connectivity index (χ0n) is 13.4. The summed E-state index contributed by atoms with van der Waals surface area (Å²) in [5.74, 6) is 0. The summed E-state index contributed by atoms with van der Waals surface area (Å²) in [6.07, 6.45) is 5.30. The molecule has 0 amide bonds. The lowest BCUT2D eigenvalue weighted by atomic mass is 9.90. The van der Waals surface area contributed by atoms with Gasteiger partial charge in [0.1, 0.15) is 0 Å². The van der Waals surface area contributed by atoms with Crippen molar-refractivity contribution in [2.75, 3.05) is 24.5 Å². The minimum absolute atomic E-state index is 0.397. The second-order valence-corrected chi connectivity index (χ2v) is 6.84. The number of nitrogens with zero attached hydrogens (tertiary/aromatic N) is 1. The van der Waals surface area contributed by atoms with E-state index in [0.717, 1.165) is 13.1 Å². The maximum absolute atomic E-state index is 3.58. The minimum atomic E-state index is 0.397. The van der Waals surface area contributed by atoms with Crippen molar-refractivity contribution in [3.05, 3.63) is 29.8 Å². The molecular formula is C18H30N2. The Labute approximate surface area is 124 Å². The summed E-state index contributed by atoms with van der Waals surface area (Å²) >= 11 is 0. The fraction of sp³-hybridized carbons (Fsp3) is 0.667. The molecule has 112 valence electrons. The van der Waals surface area contributed by atoms with E-state index in [0.29, 0.717) is 5.41 Å².